The number of ether oxygens (including phenoxy) is 2. The normalized spacial score (nSPS) is 15.7. The van der Waals surface area contributed by atoms with Gasteiger partial charge in [-0.15, -0.1) is 0 Å². The van der Waals surface area contributed by atoms with Gasteiger partial charge in [0.15, 0.2) is 6.61 Å². The highest BCUT2D eigenvalue weighted by atomic mass is 19.1. The molecule has 0 aliphatic carbocycles. The van der Waals surface area contributed by atoms with Crippen LogP contribution >= 0.6 is 0 Å². The predicted molar refractivity (Wildman–Crippen MR) is 76.8 cm³/mol. The van der Waals surface area contributed by atoms with E-state index in [2.05, 4.69) is 4.90 Å². The SMILES string of the molecule is CN(CCN1CCOCC1)C(=O)COc1cccc(F)c1. The fourth-order valence-electron chi connectivity index (χ4n) is 2.05. The van der Waals surface area contributed by atoms with Crippen molar-refractivity contribution in [2.24, 2.45) is 0 Å². The largest absolute Gasteiger partial charge is 0.484 e. The molecule has 1 saturated heterocycles. The first-order chi connectivity index (χ1) is 10.1. The average molecular weight is 296 g/mol. The van der Waals surface area contributed by atoms with Crippen molar-refractivity contribution < 1.29 is 18.7 Å². The third-order valence-corrected chi connectivity index (χ3v) is 3.44. The third-order valence-electron chi connectivity index (χ3n) is 3.44. The molecular formula is C15H21FN2O3. The van der Waals surface area contributed by atoms with Gasteiger partial charge in [-0.25, -0.2) is 4.39 Å². The Kier molecular flexibility index (Phi) is 5.95. The third kappa shape index (κ3) is 5.32. The van der Waals surface area contributed by atoms with Crippen LogP contribution in [0, 0.1) is 5.82 Å². The molecule has 0 radical (unpaired) electrons. The number of carbonyl (C=O) groups is 1. The molecule has 0 N–H and O–H groups in total. The average Bonchev–Trinajstić information content (AvgIpc) is 2.51. The van der Waals surface area contributed by atoms with E-state index in [1.807, 2.05) is 0 Å². The molecule has 1 aromatic carbocycles. The zero-order chi connectivity index (χ0) is 15.1. The van der Waals surface area contributed by atoms with Crippen LogP contribution in [0.5, 0.6) is 5.75 Å². The second-order valence-corrected chi connectivity index (χ2v) is 5.02. The summed E-state index contributed by atoms with van der Waals surface area (Å²) in [6.07, 6.45) is 0. The van der Waals surface area contributed by atoms with Crippen LogP contribution in [0.1, 0.15) is 0 Å². The van der Waals surface area contributed by atoms with Crippen molar-refractivity contribution in [3.05, 3.63) is 30.1 Å². The van der Waals surface area contributed by atoms with Gasteiger partial charge < -0.3 is 14.4 Å². The first kappa shape index (κ1) is 15.7. The van der Waals surface area contributed by atoms with Gasteiger partial charge >= 0.3 is 0 Å². The Bertz CT molecular complexity index is 464. The molecule has 0 atom stereocenters. The monoisotopic (exact) mass is 296 g/mol. The Morgan fingerprint density at radius 2 is 2.19 bits per heavy atom. The molecule has 0 aromatic heterocycles. The van der Waals surface area contributed by atoms with Crippen molar-refractivity contribution in [1.82, 2.24) is 9.80 Å². The van der Waals surface area contributed by atoms with Crippen LogP contribution in [0.25, 0.3) is 0 Å². The maximum Gasteiger partial charge on any atom is 0.260 e. The molecule has 6 heteroatoms. The highest BCUT2D eigenvalue weighted by Gasteiger charge is 2.14. The number of hydrogen-bond donors (Lipinski definition) is 0. The van der Waals surface area contributed by atoms with Crippen LogP contribution in [0.4, 0.5) is 4.39 Å². The Morgan fingerprint density at radius 3 is 2.90 bits per heavy atom. The van der Waals surface area contributed by atoms with Gasteiger partial charge in [-0.3, -0.25) is 9.69 Å². The van der Waals surface area contributed by atoms with E-state index in [9.17, 15) is 9.18 Å². The van der Waals surface area contributed by atoms with Crippen LogP contribution in [-0.2, 0) is 9.53 Å². The van der Waals surface area contributed by atoms with E-state index in [0.29, 0.717) is 12.3 Å². The summed E-state index contributed by atoms with van der Waals surface area (Å²) in [5.74, 6) is -0.127. The summed E-state index contributed by atoms with van der Waals surface area (Å²) in [6.45, 7) is 4.70. The topological polar surface area (TPSA) is 42.0 Å². The van der Waals surface area contributed by atoms with Crippen molar-refractivity contribution in [2.45, 2.75) is 0 Å². The lowest BCUT2D eigenvalue weighted by molar-refractivity contribution is -0.132. The van der Waals surface area contributed by atoms with E-state index in [-0.39, 0.29) is 18.3 Å². The molecule has 1 heterocycles. The second-order valence-electron chi connectivity index (χ2n) is 5.02. The zero-order valence-electron chi connectivity index (χ0n) is 12.3. The number of amides is 1. The van der Waals surface area contributed by atoms with Gasteiger partial charge in [0, 0.05) is 39.3 Å². The van der Waals surface area contributed by atoms with Gasteiger partial charge in [0.05, 0.1) is 13.2 Å². The molecule has 2 rings (SSSR count). The molecule has 1 fully saturated rings. The van der Waals surface area contributed by atoms with E-state index in [4.69, 9.17) is 9.47 Å². The molecule has 1 aromatic rings. The second kappa shape index (κ2) is 7.95. The van der Waals surface area contributed by atoms with Crippen LogP contribution in [0.2, 0.25) is 0 Å². The molecule has 116 valence electrons. The number of carbonyl (C=O) groups excluding carboxylic acids is 1. The summed E-state index contributed by atoms with van der Waals surface area (Å²) in [4.78, 5) is 15.8. The zero-order valence-corrected chi connectivity index (χ0v) is 12.3. The van der Waals surface area contributed by atoms with Crippen molar-refractivity contribution in [2.75, 3.05) is 53.0 Å². The molecule has 0 unspecified atom stereocenters. The number of likely N-dealkylation sites (N-methyl/N-ethyl adjacent to an activating group) is 1. The van der Waals surface area contributed by atoms with E-state index >= 15 is 0 Å². The highest BCUT2D eigenvalue weighted by molar-refractivity contribution is 5.77. The highest BCUT2D eigenvalue weighted by Crippen LogP contribution is 2.11. The lowest BCUT2D eigenvalue weighted by Gasteiger charge is -2.28. The maximum absolute atomic E-state index is 13.0. The molecule has 0 saturated carbocycles. The maximum atomic E-state index is 13.0. The molecular weight excluding hydrogens is 275 g/mol. The van der Waals surface area contributed by atoms with Crippen LogP contribution < -0.4 is 4.74 Å². The van der Waals surface area contributed by atoms with Crippen LogP contribution in [0.3, 0.4) is 0 Å². The number of morpholine rings is 1. The predicted octanol–water partition coefficient (Wildman–Crippen LogP) is 0.995. The minimum Gasteiger partial charge on any atom is -0.484 e. The molecule has 1 amide bonds. The lowest BCUT2D eigenvalue weighted by Crippen LogP contribution is -2.42. The molecule has 0 bridgehead atoms. The van der Waals surface area contributed by atoms with E-state index in [0.717, 1.165) is 32.8 Å². The number of hydrogen-bond acceptors (Lipinski definition) is 4. The summed E-state index contributed by atoms with van der Waals surface area (Å²) in [7, 11) is 1.75. The summed E-state index contributed by atoms with van der Waals surface area (Å²) < 4.78 is 23.6. The van der Waals surface area contributed by atoms with E-state index in [1.165, 1.54) is 12.1 Å². The molecule has 1 aliphatic rings. The number of rotatable bonds is 6. The van der Waals surface area contributed by atoms with Crippen LogP contribution in [0.15, 0.2) is 24.3 Å². The minimum absolute atomic E-state index is 0.0803. The van der Waals surface area contributed by atoms with Gasteiger partial charge in [-0.2, -0.15) is 0 Å². The first-order valence-electron chi connectivity index (χ1n) is 7.07. The Hall–Kier alpha value is -1.66. The van der Waals surface area contributed by atoms with Crippen LogP contribution in [-0.4, -0.2) is 68.8 Å². The molecule has 21 heavy (non-hydrogen) atoms. The van der Waals surface area contributed by atoms with Crippen molar-refractivity contribution in [1.29, 1.82) is 0 Å². The van der Waals surface area contributed by atoms with Gasteiger partial charge in [0.2, 0.25) is 0 Å². The number of nitrogens with zero attached hydrogens (tertiary/aromatic N) is 2. The standard InChI is InChI=1S/C15H21FN2O3/c1-17(5-6-18-7-9-20-10-8-18)15(19)12-21-14-4-2-3-13(16)11-14/h2-4,11H,5-10,12H2,1H3. The molecule has 1 aliphatic heterocycles. The summed E-state index contributed by atoms with van der Waals surface area (Å²) >= 11 is 0. The fourth-order valence-corrected chi connectivity index (χ4v) is 2.05. The quantitative estimate of drug-likeness (QED) is 0.785. The Labute approximate surface area is 124 Å². The van der Waals surface area contributed by atoms with Crippen molar-refractivity contribution in [3.8, 4) is 5.75 Å². The fraction of sp³-hybridized carbons (Fsp3) is 0.533. The lowest BCUT2D eigenvalue weighted by atomic mass is 10.3. The van der Waals surface area contributed by atoms with Crippen molar-refractivity contribution >= 4 is 5.91 Å². The smallest absolute Gasteiger partial charge is 0.260 e. The van der Waals surface area contributed by atoms with Gasteiger partial charge in [-0.05, 0) is 12.1 Å². The number of halogens is 1. The summed E-state index contributed by atoms with van der Waals surface area (Å²) in [5.41, 5.74) is 0. The number of benzene rings is 1. The van der Waals surface area contributed by atoms with E-state index < -0.39 is 0 Å². The van der Waals surface area contributed by atoms with Crippen molar-refractivity contribution in [3.63, 3.8) is 0 Å². The molecule has 5 nitrogen and oxygen atoms in total. The first-order valence-corrected chi connectivity index (χ1v) is 7.07. The van der Waals surface area contributed by atoms with Gasteiger partial charge in [0.25, 0.3) is 5.91 Å². The van der Waals surface area contributed by atoms with Gasteiger partial charge in [-0.1, -0.05) is 6.07 Å². The Morgan fingerprint density at radius 1 is 1.43 bits per heavy atom. The molecule has 0 spiro atoms. The Balaban J connectivity index is 1.69. The summed E-state index contributed by atoms with van der Waals surface area (Å²) in [6, 6.07) is 5.78. The minimum atomic E-state index is -0.374. The summed E-state index contributed by atoms with van der Waals surface area (Å²) in [5, 5.41) is 0. The van der Waals surface area contributed by atoms with Gasteiger partial charge in [0.1, 0.15) is 11.6 Å². The van der Waals surface area contributed by atoms with E-state index in [1.54, 1.807) is 24.1 Å².